The molecule has 26 heavy (non-hydrogen) atoms. The highest BCUT2D eigenvalue weighted by molar-refractivity contribution is 7.99. The van der Waals surface area contributed by atoms with E-state index in [2.05, 4.69) is 32.0 Å². The van der Waals surface area contributed by atoms with Crippen molar-refractivity contribution in [2.75, 3.05) is 12.3 Å². The largest absolute Gasteiger partial charge is 0.273 e. The minimum Gasteiger partial charge on any atom is -0.273 e. The third-order valence-corrected chi connectivity index (χ3v) is 5.56. The molecular formula is C21H18N2O2S. The zero-order valence-corrected chi connectivity index (χ0v) is 15.5. The maximum absolute atomic E-state index is 12.4. The molecular weight excluding hydrogens is 344 g/mol. The Bertz CT molecular complexity index is 1010. The molecule has 0 aliphatic carbocycles. The lowest BCUT2D eigenvalue weighted by molar-refractivity contribution is 0.0664. The van der Waals surface area contributed by atoms with Gasteiger partial charge in [0.25, 0.3) is 11.8 Å². The van der Waals surface area contributed by atoms with E-state index in [0.29, 0.717) is 23.4 Å². The van der Waals surface area contributed by atoms with Crippen molar-refractivity contribution in [3.63, 3.8) is 0 Å². The molecule has 4 nitrogen and oxygen atoms in total. The second-order valence-corrected chi connectivity index (χ2v) is 7.52. The van der Waals surface area contributed by atoms with Crippen LogP contribution in [0.4, 0.5) is 0 Å². The van der Waals surface area contributed by atoms with Gasteiger partial charge in [0.1, 0.15) is 0 Å². The van der Waals surface area contributed by atoms with Crippen LogP contribution in [0.3, 0.4) is 0 Å². The van der Waals surface area contributed by atoms with Gasteiger partial charge in [0.2, 0.25) is 0 Å². The Labute approximate surface area is 156 Å². The lowest BCUT2D eigenvalue weighted by atomic mass is 10.1. The number of para-hydroxylation sites is 1. The number of amides is 2. The number of benzene rings is 2. The number of aryl methyl sites for hydroxylation is 2. The Hall–Kier alpha value is -2.66. The van der Waals surface area contributed by atoms with E-state index in [9.17, 15) is 9.59 Å². The molecule has 0 saturated carbocycles. The number of hydrogen-bond acceptors (Lipinski definition) is 4. The number of imide groups is 1. The molecule has 2 amide bonds. The van der Waals surface area contributed by atoms with Gasteiger partial charge in [-0.25, -0.2) is 4.98 Å². The second kappa shape index (κ2) is 6.57. The molecule has 0 N–H and O–H groups in total. The van der Waals surface area contributed by atoms with Gasteiger partial charge in [-0.1, -0.05) is 30.3 Å². The van der Waals surface area contributed by atoms with E-state index in [1.807, 2.05) is 6.07 Å². The summed E-state index contributed by atoms with van der Waals surface area (Å²) >= 11 is 1.57. The summed E-state index contributed by atoms with van der Waals surface area (Å²) < 4.78 is 0. The molecule has 2 aromatic carbocycles. The smallest absolute Gasteiger partial charge is 0.261 e. The van der Waals surface area contributed by atoms with Gasteiger partial charge in [0.05, 0.1) is 21.7 Å². The van der Waals surface area contributed by atoms with E-state index in [-0.39, 0.29) is 11.8 Å². The summed E-state index contributed by atoms with van der Waals surface area (Å²) in [6, 6.07) is 15.2. The van der Waals surface area contributed by atoms with Gasteiger partial charge in [0, 0.05) is 17.7 Å². The third kappa shape index (κ3) is 2.78. The summed E-state index contributed by atoms with van der Waals surface area (Å²) in [5, 5.41) is 2.08. The van der Waals surface area contributed by atoms with Crippen LogP contribution in [0, 0.1) is 13.8 Å². The maximum Gasteiger partial charge on any atom is 0.261 e. The number of nitrogens with zero attached hydrogens (tertiary/aromatic N) is 2. The molecule has 2 heterocycles. The van der Waals surface area contributed by atoms with Crippen LogP contribution in [0.25, 0.3) is 10.9 Å². The Morgan fingerprint density at radius 1 is 0.923 bits per heavy atom. The third-order valence-electron chi connectivity index (χ3n) is 4.67. The van der Waals surface area contributed by atoms with Gasteiger partial charge >= 0.3 is 0 Å². The Morgan fingerprint density at radius 3 is 2.31 bits per heavy atom. The quantitative estimate of drug-likeness (QED) is 0.514. The Morgan fingerprint density at radius 2 is 1.62 bits per heavy atom. The molecule has 0 saturated heterocycles. The highest BCUT2D eigenvalue weighted by atomic mass is 32.2. The molecule has 0 radical (unpaired) electrons. The lowest BCUT2D eigenvalue weighted by Gasteiger charge is -2.13. The molecule has 1 aliphatic rings. The second-order valence-electron chi connectivity index (χ2n) is 6.40. The number of rotatable bonds is 4. The number of carbonyl (C=O) groups excluding carboxylic acids is 2. The first-order chi connectivity index (χ1) is 12.6. The molecule has 0 spiro atoms. The fourth-order valence-electron chi connectivity index (χ4n) is 3.29. The van der Waals surface area contributed by atoms with E-state index >= 15 is 0 Å². The van der Waals surface area contributed by atoms with Crippen LogP contribution in [0.5, 0.6) is 0 Å². The minimum atomic E-state index is -0.204. The van der Waals surface area contributed by atoms with E-state index in [1.54, 1.807) is 36.0 Å². The summed E-state index contributed by atoms with van der Waals surface area (Å²) in [7, 11) is 0. The van der Waals surface area contributed by atoms with Crippen molar-refractivity contribution in [1.82, 2.24) is 9.88 Å². The van der Waals surface area contributed by atoms with E-state index in [4.69, 9.17) is 4.98 Å². The molecule has 0 bridgehead atoms. The van der Waals surface area contributed by atoms with Gasteiger partial charge in [-0.15, -0.1) is 11.8 Å². The molecule has 5 heteroatoms. The van der Waals surface area contributed by atoms with Crippen LogP contribution in [0.2, 0.25) is 0 Å². The van der Waals surface area contributed by atoms with Crippen molar-refractivity contribution >= 4 is 34.5 Å². The molecule has 1 aromatic heterocycles. The first kappa shape index (κ1) is 16.8. The zero-order valence-electron chi connectivity index (χ0n) is 14.7. The SMILES string of the molecule is Cc1cc(SCCN2C(=O)c3ccccc3C2=O)nc2c(C)cccc12. The molecule has 3 aromatic rings. The molecule has 4 rings (SSSR count). The summed E-state index contributed by atoms with van der Waals surface area (Å²) in [4.78, 5) is 30.9. The average molecular weight is 362 g/mol. The van der Waals surface area contributed by atoms with Crippen LogP contribution in [0.15, 0.2) is 53.6 Å². The van der Waals surface area contributed by atoms with Gasteiger partial charge in [-0.2, -0.15) is 0 Å². The standard InChI is InChI=1S/C21H18N2O2S/c1-13-6-5-9-15-14(2)12-18(22-19(13)15)26-11-10-23-20(24)16-7-3-4-8-17(16)21(23)25/h3-9,12H,10-11H2,1-2H3. The van der Waals surface area contributed by atoms with Crippen LogP contribution < -0.4 is 0 Å². The highest BCUT2D eigenvalue weighted by Crippen LogP contribution is 2.27. The predicted molar refractivity (Wildman–Crippen MR) is 104 cm³/mol. The van der Waals surface area contributed by atoms with Gasteiger partial charge in [-0.05, 0) is 43.2 Å². The molecule has 0 fully saturated rings. The predicted octanol–water partition coefficient (Wildman–Crippen LogP) is 4.24. The summed E-state index contributed by atoms with van der Waals surface area (Å²) in [5.41, 5.74) is 4.33. The summed E-state index contributed by atoms with van der Waals surface area (Å²) in [6.07, 6.45) is 0. The fraction of sp³-hybridized carbons (Fsp3) is 0.190. The number of thioether (sulfide) groups is 1. The van der Waals surface area contributed by atoms with E-state index in [0.717, 1.165) is 21.5 Å². The topological polar surface area (TPSA) is 50.3 Å². The van der Waals surface area contributed by atoms with Crippen molar-refractivity contribution in [3.8, 4) is 0 Å². The average Bonchev–Trinajstić information content (AvgIpc) is 2.88. The summed E-state index contributed by atoms with van der Waals surface area (Å²) in [5.74, 6) is 0.212. The number of hydrogen-bond donors (Lipinski definition) is 0. The van der Waals surface area contributed by atoms with Gasteiger partial charge < -0.3 is 0 Å². The lowest BCUT2D eigenvalue weighted by Crippen LogP contribution is -2.31. The molecule has 0 atom stereocenters. The van der Waals surface area contributed by atoms with Crippen LogP contribution in [0.1, 0.15) is 31.8 Å². The highest BCUT2D eigenvalue weighted by Gasteiger charge is 2.34. The molecule has 1 aliphatic heterocycles. The monoisotopic (exact) mass is 362 g/mol. The van der Waals surface area contributed by atoms with Crippen molar-refractivity contribution in [3.05, 3.63) is 70.8 Å². The molecule has 0 unspecified atom stereocenters. The first-order valence-electron chi connectivity index (χ1n) is 8.51. The van der Waals surface area contributed by atoms with E-state index < -0.39 is 0 Å². The van der Waals surface area contributed by atoms with Gasteiger partial charge in [0.15, 0.2) is 0 Å². The number of carbonyl (C=O) groups is 2. The first-order valence-corrected chi connectivity index (χ1v) is 9.50. The minimum absolute atomic E-state index is 0.204. The van der Waals surface area contributed by atoms with E-state index in [1.165, 1.54) is 10.5 Å². The Kier molecular flexibility index (Phi) is 4.24. The zero-order chi connectivity index (χ0) is 18.3. The van der Waals surface area contributed by atoms with Crippen LogP contribution >= 0.6 is 11.8 Å². The Balaban J connectivity index is 1.49. The van der Waals surface area contributed by atoms with Crippen molar-refractivity contribution < 1.29 is 9.59 Å². The maximum atomic E-state index is 12.4. The van der Waals surface area contributed by atoms with Crippen LogP contribution in [-0.2, 0) is 0 Å². The normalized spacial score (nSPS) is 13.5. The number of pyridine rings is 1. The van der Waals surface area contributed by atoms with Crippen molar-refractivity contribution in [2.45, 2.75) is 18.9 Å². The van der Waals surface area contributed by atoms with Crippen molar-refractivity contribution in [2.24, 2.45) is 0 Å². The van der Waals surface area contributed by atoms with Crippen molar-refractivity contribution in [1.29, 1.82) is 0 Å². The van der Waals surface area contributed by atoms with Crippen LogP contribution in [-0.4, -0.2) is 34.0 Å². The number of aromatic nitrogens is 1. The molecule has 130 valence electrons. The fourth-order valence-corrected chi connectivity index (χ4v) is 4.19. The summed E-state index contributed by atoms with van der Waals surface area (Å²) in [6.45, 7) is 4.52. The number of fused-ring (bicyclic) bond motifs is 2. The van der Waals surface area contributed by atoms with Gasteiger partial charge in [-0.3, -0.25) is 14.5 Å².